The van der Waals surface area contributed by atoms with Crippen molar-refractivity contribution in [3.05, 3.63) is 45.8 Å². The first kappa shape index (κ1) is 14.4. The molecule has 2 rings (SSSR count). The van der Waals surface area contributed by atoms with E-state index in [0.29, 0.717) is 12.1 Å². The summed E-state index contributed by atoms with van der Waals surface area (Å²) in [5, 5.41) is 2.73. The molecule has 0 fully saturated rings. The van der Waals surface area contributed by atoms with Crippen LogP contribution in [0.2, 0.25) is 5.02 Å². The zero-order valence-corrected chi connectivity index (χ0v) is 11.6. The van der Waals surface area contributed by atoms with Crippen LogP contribution < -0.4 is 5.32 Å². The molecule has 0 aliphatic heterocycles. The first-order valence-corrected chi connectivity index (χ1v) is 6.71. The third-order valence-electron chi connectivity index (χ3n) is 2.57. The first-order chi connectivity index (χ1) is 8.91. The number of nitrogens with one attached hydrogen (secondary N) is 1. The highest BCUT2D eigenvalue weighted by Crippen LogP contribution is 2.38. The molecule has 19 heavy (non-hydrogen) atoms. The molecule has 1 aromatic carbocycles. The van der Waals surface area contributed by atoms with Crippen LogP contribution in [0, 0.1) is 0 Å². The molecule has 0 unspecified atom stereocenters. The standard InChI is InChI=1S/C13H11ClF3NS/c1-18-7-9-3-5-12(19-9)8-2-4-11(14)10(6-8)13(15,16)17/h2-6,18H,7H2,1H3. The highest BCUT2D eigenvalue weighted by Gasteiger charge is 2.33. The fraction of sp³-hybridized carbons (Fsp3) is 0.231. The summed E-state index contributed by atoms with van der Waals surface area (Å²) in [7, 11) is 1.82. The Kier molecular flexibility index (Phi) is 4.18. The van der Waals surface area contributed by atoms with Crippen molar-refractivity contribution in [1.29, 1.82) is 0 Å². The summed E-state index contributed by atoms with van der Waals surface area (Å²) in [6.45, 7) is 0.699. The van der Waals surface area contributed by atoms with Gasteiger partial charge in [0.15, 0.2) is 0 Å². The second kappa shape index (κ2) is 5.53. The third-order valence-corrected chi connectivity index (χ3v) is 4.03. The predicted molar refractivity (Wildman–Crippen MR) is 72.5 cm³/mol. The van der Waals surface area contributed by atoms with Crippen LogP contribution >= 0.6 is 22.9 Å². The number of thiophene rings is 1. The zero-order chi connectivity index (χ0) is 14.0. The Balaban J connectivity index is 2.39. The number of benzene rings is 1. The predicted octanol–water partition coefficient (Wildman–Crippen LogP) is 4.81. The van der Waals surface area contributed by atoms with Gasteiger partial charge in [-0.1, -0.05) is 17.7 Å². The van der Waals surface area contributed by atoms with Gasteiger partial charge in [0, 0.05) is 16.3 Å². The lowest BCUT2D eigenvalue weighted by Crippen LogP contribution is -2.05. The maximum Gasteiger partial charge on any atom is 0.417 e. The van der Waals surface area contributed by atoms with Crippen molar-refractivity contribution in [1.82, 2.24) is 5.32 Å². The minimum absolute atomic E-state index is 0.275. The second-order valence-corrected chi connectivity index (χ2v) is 5.56. The number of halogens is 4. The number of alkyl halides is 3. The largest absolute Gasteiger partial charge is 0.417 e. The fourth-order valence-corrected chi connectivity index (χ4v) is 2.94. The summed E-state index contributed by atoms with van der Waals surface area (Å²) in [5.41, 5.74) is -0.265. The Bertz CT molecular complexity index is 578. The SMILES string of the molecule is CNCc1ccc(-c2ccc(Cl)c(C(F)(F)F)c2)s1. The zero-order valence-electron chi connectivity index (χ0n) is 10.0. The van der Waals surface area contributed by atoms with Gasteiger partial charge < -0.3 is 5.32 Å². The van der Waals surface area contributed by atoms with Gasteiger partial charge in [0.2, 0.25) is 0 Å². The van der Waals surface area contributed by atoms with Crippen LogP contribution in [0.4, 0.5) is 13.2 Å². The number of hydrogen-bond donors (Lipinski definition) is 1. The van der Waals surface area contributed by atoms with Gasteiger partial charge in [-0.05, 0) is 36.9 Å². The third kappa shape index (κ3) is 3.29. The van der Waals surface area contributed by atoms with E-state index in [1.165, 1.54) is 17.4 Å². The Labute approximate surface area is 118 Å². The highest BCUT2D eigenvalue weighted by molar-refractivity contribution is 7.15. The van der Waals surface area contributed by atoms with Gasteiger partial charge in [-0.25, -0.2) is 0 Å². The Morgan fingerprint density at radius 3 is 2.58 bits per heavy atom. The quantitative estimate of drug-likeness (QED) is 0.858. The lowest BCUT2D eigenvalue weighted by Gasteiger charge is -2.10. The molecular weight excluding hydrogens is 295 g/mol. The van der Waals surface area contributed by atoms with E-state index in [-0.39, 0.29) is 5.02 Å². The number of rotatable bonds is 3. The lowest BCUT2D eigenvalue weighted by atomic mass is 10.1. The Hall–Kier alpha value is -1.04. The fourth-order valence-electron chi connectivity index (χ4n) is 1.70. The molecule has 0 bridgehead atoms. The first-order valence-electron chi connectivity index (χ1n) is 5.52. The van der Waals surface area contributed by atoms with Crippen molar-refractivity contribution in [2.45, 2.75) is 12.7 Å². The van der Waals surface area contributed by atoms with Crippen molar-refractivity contribution < 1.29 is 13.2 Å². The maximum absolute atomic E-state index is 12.8. The van der Waals surface area contributed by atoms with Crippen LogP contribution in [-0.4, -0.2) is 7.05 Å². The van der Waals surface area contributed by atoms with Crippen LogP contribution in [0.5, 0.6) is 0 Å². The number of hydrogen-bond acceptors (Lipinski definition) is 2. The molecule has 102 valence electrons. The molecule has 0 atom stereocenters. The summed E-state index contributed by atoms with van der Waals surface area (Å²) >= 11 is 7.06. The molecule has 0 saturated carbocycles. The van der Waals surface area contributed by atoms with Gasteiger partial charge in [0.25, 0.3) is 0 Å². The van der Waals surface area contributed by atoms with Gasteiger partial charge >= 0.3 is 6.18 Å². The van der Waals surface area contributed by atoms with Gasteiger partial charge in [-0.15, -0.1) is 11.3 Å². The van der Waals surface area contributed by atoms with E-state index in [1.54, 1.807) is 6.07 Å². The van der Waals surface area contributed by atoms with Crippen molar-refractivity contribution in [3.63, 3.8) is 0 Å². The van der Waals surface area contributed by atoms with Gasteiger partial charge in [0.1, 0.15) is 0 Å². The van der Waals surface area contributed by atoms with E-state index < -0.39 is 11.7 Å². The molecule has 1 heterocycles. The minimum atomic E-state index is -4.43. The summed E-state index contributed by atoms with van der Waals surface area (Å²) in [6.07, 6.45) is -4.43. The molecule has 0 spiro atoms. The molecule has 1 N–H and O–H groups in total. The molecule has 0 aliphatic carbocycles. The molecule has 2 aromatic rings. The van der Waals surface area contributed by atoms with Crippen molar-refractivity contribution >= 4 is 22.9 Å². The van der Waals surface area contributed by atoms with Crippen molar-refractivity contribution in [2.75, 3.05) is 7.05 Å². The minimum Gasteiger partial charge on any atom is -0.315 e. The van der Waals surface area contributed by atoms with E-state index in [4.69, 9.17) is 11.6 Å². The molecule has 0 aliphatic rings. The average Bonchev–Trinajstić information content (AvgIpc) is 2.77. The summed E-state index contributed by atoms with van der Waals surface area (Å²) in [4.78, 5) is 1.87. The van der Waals surface area contributed by atoms with Crippen molar-refractivity contribution in [2.24, 2.45) is 0 Å². The maximum atomic E-state index is 12.8. The topological polar surface area (TPSA) is 12.0 Å². The normalized spacial score (nSPS) is 11.8. The van der Waals surface area contributed by atoms with E-state index in [9.17, 15) is 13.2 Å². The van der Waals surface area contributed by atoms with E-state index >= 15 is 0 Å². The Morgan fingerprint density at radius 1 is 1.21 bits per heavy atom. The van der Waals surface area contributed by atoms with Crippen LogP contribution in [-0.2, 0) is 12.7 Å². The average molecular weight is 306 g/mol. The molecule has 0 radical (unpaired) electrons. The lowest BCUT2D eigenvalue weighted by molar-refractivity contribution is -0.137. The van der Waals surface area contributed by atoms with Crippen LogP contribution in [0.15, 0.2) is 30.3 Å². The summed E-state index contributed by atoms with van der Waals surface area (Å²) in [6, 6.07) is 7.71. The van der Waals surface area contributed by atoms with Gasteiger partial charge in [0.05, 0.1) is 10.6 Å². The smallest absolute Gasteiger partial charge is 0.315 e. The monoisotopic (exact) mass is 305 g/mol. The van der Waals surface area contributed by atoms with Crippen molar-refractivity contribution in [3.8, 4) is 10.4 Å². The highest BCUT2D eigenvalue weighted by atomic mass is 35.5. The van der Waals surface area contributed by atoms with Crippen LogP contribution in [0.1, 0.15) is 10.4 Å². The second-order valence-electron chi connectivity index (χ2n) is 3.99. The summed E-state index contributed by atoms with van der Waals surface area (Å²) in [5.74, 6) is 0. The van der Waals surface area contributed by atoms with E-state index in [1.807, 2.05) is 19.2 Å². The molecule has 1 nitrogen and oxygen atoms in total. The van der Waals surface area contributed by atoms with E-state index in [2.05, 4.69) is 5.32 Å². The molecule has 6 heteroatoms. The summed E-state index contributed by atoms with van der Waals surface area (Å²) < 4.78 is 38.3. The van der Waals surface area contributed by atoms with Gasteiger partial charge in [-0.2, -0.15) is 13.2 Å². The molecule has 0 amide bonds. The Morgan fingerprint density at radius 2 is 1.95 bits per heavy atom. The molecular formula is C13H11ClF3NS. The molecule has 1 aromatic heterocycles. The molecule has 0 saturated heterocycles. The van der Waals surface area contributed by atoms with Crippen LogP contribution in [0.3, 0.4) is 0 Å². The van der Waals surface area contributed by atoms with Gasteiger partial charge in [-0.3, -0.25) is 0 Å². The van der Waals surface area contributed by atoms with Crippen LogP contribution in [0.25, 0.3) is 10.4 Å². The van der Waals surface area contributed by atoms with E-state index in [0.717, 1.165) is 15.8 Å².